The standard InChI is InChI=1S/C13H16FN3O/c1-9-12-5-4-11(14)8-13(12)17(16-9)7-3-6-15-10(2)18/h4-5,8H,3,6-7H2,1-2H3,(H,15,18). The van der Waals surface area contributed by atoms with E-state index in [1.165, 1.54) is 19.1 Å². The van der Waals surface area contributed by atoms with E-state index in [4.69, 9.17) is 0 Å². The van der Waals surface area contributed by atoms with E-state index in [1.54, 1.807) is 10.7 Å². The van der Waals surface area contributed by atoms with Crippen LogP contribution in [0, 0.1) is 12.7 Å². The van der Waals surface area contributed by atoms with Crippen molar-refractivity contribution in [2.75, 3.05) is 6.54 Å². The monoisotopic (exact) mass is 249 g/mol. The molecule has 5 heteroatoms. The van der Waals surface area contributed by atoms with Gasteiger partial charge < -0.3 is 5.32 Å². The van der Waals surface area contributed by atoms with E-state index < -0.39 is 0 Å². The van der Waals surface area contributed by atoms with Crippen LogP contribution in [0.25, 0.3) is 10.9 Å². The molecule has 1 amide bonds. The Morgan fingerprint density at radius 1 is 1.50 bits per heavy atom. The van der Waals surface area contributed by atoms with Crippen molar-refractivity contribution in [1.29, 1.82) is 0 Å². The second kappa shape index (κ2) is 5.16. The van der Waals surface area contributed by atoms with E-state index in [9.17, 15) is 9.18 Å². The number of carbonyl (C=O) groups excluding carboxylic acids is 1. The minimum Gasteiger partial charge on any atom is -0.356 e. The predicted octanol–water partition coefficient (Wildman–Crippen LogP) is 2.01. The van der Waals surface area contributed by atoms with Crippen LogP contribution in [-0.2, 0) is 11.3 Å². The summed E-state index contributed by atoms with van der Waals surface area (Å²) in [4.78, 5) is 10.7. The molecule has 2 rings (SSSR count). The second-order valence-corrected chi connectivity index (χ2v) is 4.31. The number of fused-ring (bicyclic) bond motifs is 1. The Morgan fingerprint density at radius 2 is 2.28 bits per heavy atom. The van der Waals surface area contributed by atoms with Crippen LogP contribution in [-0.4, -0.2) is 22.2 Å². The van der Waals surface area contributed by atoms with Crippen LogP contribution in [0.15, 0.2) is 18.2 Å². The number of amides is 1. The number of rotatable bonds is 4. The van der Waals surface area contributed by atoms with Gasteiger partial charge in [-0.25, -0.2) is 4.39 Å². The maximum absolute atomic E-state index is 13.2. The van der Waals surface area contributed by atoms with Gasteiger partial charge in [0.05, 0.1) is 11.2 Å². The minimum absolute atomic E-state index is 0.0393. The Kier molecular flexibility index (Phi) is 3.60. The highest BCUT2D eigenvalue weighted by Crippen LogP contribution is 2.19. The summed E-state index contributed by atoms with van der Waals surface area (Å²) in [5, 5.41) is 8.08. The van der Waals surface area contributed by atoms with Crippen LogP contribution in [0.3, 0.4) is 0 Å². The predicted molar refractivity (Wildman–Crippen MR) is 67.7 cm³/mol. The maximum Gasteiger partial charge on any atom is 0.216 e. The van der Waals surface area contributed by atoms with Crippen LogP contribution in [0.1, 0.15) is 19.0 Å². The van der Waals surface area contributed by atoms with Gasteiger partial charge in [0.25, 0.3) is 0 Å². The fourth-order valence-electron chi connectivity index (χ4n) is 1.98. The molecule has 0 aliphatic heterocycles. The van der Waals surface area contributed by atoms with E-state index in [0.29, 0.717) is 13.1 Å². The quantitative estimate of drug-likeness (QED) is 0.842. The zero-order chi connectivity index (χ0) is 13.1. The molecule has 0 saturated carbocycles. The highest BCUT2D eigenvalue weighted by atomic mass is 19.1. The van der Waals surface area contributed by atoms with Crippen molar-refractivity contribution < 1.29 is 9.18 Å². The van der Waals surface area contributed by atoms with Crippen molar-refractivity contribution in [3.63, 3.8) is 0 Å². The molecule has 0 atom stereocenters. The SMILES string of the molecule is CC(=O)NCCCn1nc(C)c2ccc(F)cc21. The summed E-state index contributed by atoms with van der Waals surface area (Å²) in [6, 6.07) is 4.68. The van der Waals surface area contributed by atoms with Gasteiger partial charge in [-0.15, -0.1) is 0 Å². The first-order valence-corrected chi connectivity index (χ1v) is 5.95. The maximum atomic E-state index is 13.2. The van der Waals surface area contributed by atoms with E-state index in [-0.39, 0.29) is 11.7 Å². The van der Waals surface area contributed by atoms with Crippen molar-refractivity contribution in [2.24, 2.45) is 0 Å². The number of hydrogen-bond donors (Lipinski definition) is 1. The molecule has 0 radical (unpaired) electrons. The molecule has 96 valence electrons. The van der Waals surface area contributed by atoms with Crippen LogP contribution < -0.4 is 5.32 Å². The van der Waals surface area contributed by atoms with Crippen LogP contribution in [0.4, 0.5) is 4.39 Å². The van der Waals surface area contributed by atoms with Crippen molar-refractivity contribution in [3.8, 4) is 0 Å². The van der Waals surface area contributed by atoms with Gasteiger partial charge in [-0.05, 0) is 31.5 Å². The zero-order valence-corrected chi connectivity index (χ0v) is 10.5. The third-order valence-electron chi connectivity index (χ3n) is 2.82. The summed E-state index contributed by atoms with van der Waals surface area (Å²) in [6.45, 7) is 4.66. The lowest BCUT2D eigenvalue weighted by Crippen LogP contribution is -2.22. The number of nitrogens with zero attached hydrogens (tertiary/aromatic N) is 2. The lowest BCUT2D eigenvalue weighted by Gasteiger charge is -2.04. The number of nitrogens with one attached hydrogen (secondary N) is 1. The number of aryl methyl sites for hydroxylation is 2. The lowest BCUT2D eigenvalue weighted by molar-refractivity contribution is -0.118. The summed E-state index contributed by atoms with van der Waals surface area (Å²) in [7, 11) is 0. The van der Waals surface area contributed by atoms with E-state index >= 15 is 0 Å². The topological polar surface area (TPSA) is 46.9 Å². The highest BCUT2D eigenvalue weighted by Gasteiger charge is 2.07. The first kappa shape index (κ1) is 12.5. The Balaban J connectivity index is 2.13. The largest absolute Gasteiger partial charge is 0.356 e. The van der Waals surface area contributed by atoms with Crippen molar-refractivity contribution >= 4 is 16.8 Å². The molecule has 0 saturated heterocycles. The fourth-order valence-corrected chi connectivity index (χ4v) is 1.98. The molecule has 0 fully saturated rings. The number of halogens is 1. The van der Waals surface area contributed by atoms with E-state index in [2.05, 4.69) is 10.4 Å². The fraction of sp³-hybridized carbons (Fsp3) is 0.385. The van der Waals surface area contributed by atoms with Gasteiger partial charge in [0.2, 0.25) is 5.91 Å². The molecule has 0 aliphatic rings. The molecule has 2 aromatic rings. The van der Waals surface area contributed by atoms with Gasteiger partial charge in [-0.3, -0.25) is 9.48 Å². The van der Waals surface area contributed by atoms with Crippen LogP contribution in [0.2, 0.25) is 0 Å². The summed E-state index contributed by atoms with van der Waals surface area (Å²) < 4.78 is 15.0. The van der Waals surface area contributed by atoms with Crippen LogP contribution >= 0.6 is 0 Å². The van der Waals surface area contributed by atoms with E-state index in [0.717, 1.165) is 23.0 Å². The molecular formula is C13H16FN3O. The third-order valence-corrected chi connectivity index (χ3v) is 2.82. The van der Waals surface area contributed by atoms with Gasteiger partial charge in [-0.2, -0.15) is 5.10 Å². The van der Waals surface area contributed by atoms with Gasteiger partial charge in [0.15, 0.2) is 0 Å². The second-order valence-electron chi connectivity index (χ2n) is 4.31. The summed E-state index contributed by atoms with van der Waals surface area (Å²) in [5.41, 5.74) is 1.69. The van der Waals surface area contributed by atoms with Gasteiger partial charge in [0, 0.05) is 25.4 Å². The van der Waals surface area contributed by atoms with Gasteiger partial charge in [0.1, 0.15) is 5.82 Å². The number of hydrogen-bond acceptors (Lipinski definition) is 2. The Bertz CT molecular complexity index is 577. The average molecular weight is 249 g/mol. The molecule has 1 aromatic heterocycles. The van der Waals surface area contributed by atoms with Gasteiger partial charge >= 0.3 is 0 Å². The average Bonchev–Trinajstić information content (AvgIpc) is 2.61. The number of carbonyl (C=O) groups is 1. The summed E-state index contributed by atoms with van der Waals surface area (Å²) in [6.07, 6.45) is 0.770. The normalized spacial score (nSPS) is 10.8. The number of aromatic nitrogens is 2. The molecule has 0 unspecified atom stereocenters. The van der Waals surface area contributed by atoms with Crippen LogP contribution in [0.5, 0.6) is 0 Å². The molecule has 1 aromatic carbocycles. The number of benzene rings is 1. The first-order valence-electron chi connectivity index (χ1n) is 5.95. The zero-order valence-electron chi connectivity index (χ0n) is 10.5. The molecule has 0 spiro atoms. The highest BCUT2D eigenvalue weighted by molar-refractivity contribution is 5.81. The molecule has 0 bridgehead atoms. The van der Waals surface area contributed by atoms with Crippen molar-refractivity contribution in [2.45, 2.75) is 26.8 Å². The lowest BCUT2D eigenvalue weighted by atomic mass is 10.2. The molecule has 18 heavy (non-hydrogen) atoms. The smallest absolute Gasteiger partial charge is 0.216 e. The molecule has 1 heterocycles. The molecule has 0 aliphatic carbocycles. The Labute approximate surface area is 105 Å². The van der Waals surface area contributed by atoms with Gasteiger partial charge in [-0.1, -0.05) is 0 Å². The summed E-state index contributed by atoms with van der Waals surface area (Å²) >= 11 is 0. The molecule has 4 nitrogen and oxygen atoms in total. The van der Waals surface area contributed by atoms with E-state index in [1.807, 2.05) is 6.92 Å². The van der Waals surface area contributed by atoms with Crippen molar-refractivity contribution in [1.82, 2.24) is 15.1 Å². The Hall–Kier alpha value is -1.91. The molecular weight excluding hydrogens is 233 g/mol. The third kappa shape index (κ3) is 2.67. The molecule has 1 N–H and O–H groups in total. The van der Waals surface area contributed by atoms with Crippen molar-refractivity contribution in [3.05, 3.63) is 29.7 Å². The first-order chi connectivity index (χ1) is 8.58. The summed E-state index contributed by atoms with van der Waals surface area (Å²) in [5.74, 6) is -0.298. The Morgan fingerprint density at radius 3 is 3.00 bits per heavy atom. The minimum atomic E-state index is -0.259.